The molecule has 0 fully saturated rings. The Bertz CT molecular complexity index is 1240. The average Bonchev–Trinajstić information content (AvgIpc) is 2.89. The molecule has 5 nitrogen and oxygen atoms in total. The smallest absolute Gasteiger partial charge is 0.252 e. The lowest BCUT2D eigenvalue weighted by molar-refractivity contribution is 0.0904. The van der Waals surface area contributed by atoms with E-state index in [1.807, 2.05) is 125 Å². The largest absolute Gasteiger partial charge is 0.333 e. The highest BCUT2D eigenvalue weighted by atomic mass is 16.2. The molecule has 0 aliphatic rings. The molecule has 0 bridgehead atoms. The topological polar surface area (TPSA) is 70.2 Å². The predicted molar refractivity (Wildman–Crippen MR) is 148 cm³/mol. The van der Waals surface area contributed by atoms with Crippen LogP contribution >= 0.6 is 0 Å². The summed E-state index contributed by atoms with van der Waals surface area (Å²) in [6, 6.07) is 30.9. The van der Waals surface area contributed by atoms with Gasteiger partial charge in [0.15, 0.2) is 0 Å². The highest BCUT2D eigenvalue weighted by Gasteiger charge is 2.23. The summed E-state index contributed by atoms with van der Waals surface area (Å²) in [5.41, 5.74) is 7.32. The molecule has 4 aromatic rings. The Morgan fingerprint density at radius 2 is 0.730 bits per heavy atom. The fraction of sp³-hybridized carbons (Fsp3) is 0.188. The second-order valence-electron chi connectivity index (χ2n) is 9.53. The molecule has 2 atom stereocenters. The van der Waals surface area contributed by atoms with Crippen molar-refractivity contribution in [3.05, 3.63) is 142 Å². The fourth-order valence-electron chi connectivity index (χ4n) is 3.97. The second-order valence-corrected chi connectivity index (χ2v) is 9.53. The van der Waals surface area contributed by atoms with Gasteiger partial charge in [0.05, 0.1) is 0 Å². The zero-order valence-corrected chi connectivity index (χ0v) is 21.7. The molecule has 0 aliphatic heterocycles. The summed E-state index contributed by atoms with van der Waals surface area (Å²) < 4.78 is 0. The molecule has 37 heavy (non-hydrogen) atoms. The summed E-state index contributed by atoms with van der Waals surface area (Å²) in [6.45, 7) is 8.02. The number of benzene rings is 4. The minimum absolute atomic E-state index is 0.203. The number of aryl methyl sites for hydroxylation is 4. The van der Waals surface area contributed by atoms with E-state index in [1.165, 1.54) is 0 Å². The van der Waals surface area contributed by atoms with Crippen LogP contribution in [0.3, 0.4) is 0 Å². The molecule has 0 aliphatic carbocycles. The molecule has 5 heteroatoms. The Hall–Kier alpha value is -4.22. The minimum atomic E-state index is -0.556. The van der Waals surface area contributed by atoms with Gasteiger partial charge in [0, 0.05) is 11.1 Å². The number of hydrogen-bond acceptors (Lipinski definition) is 3. The normalized spacial score (nSPS) is 12.4. The first-order valence-electron chi connectivity index (χ1n) is 12.4. The average molecular weight is 492 g/mol. The lowest BCUT2D eigenvalue weighted by atomic mass is 10.1. The molecule has 0 saturated heterocycles. The molecular weight excluding hydrogens is 458 g/mol. The predicted octanol–water partition coefficient (Wildman–Crippen LogP) is 6.07. The van der Waals surface area contributed by atoms with Gasteiger partial charge in [0.25, 0.3) is 11.8 Å². The van der Waals surface area contributed by atoms with Crippen molar-refractivity contribution in [2.24, 2.45) is 0 Å². The molecule has 4 rings (SSSR count). The molecule has 0 radical (unpaired) electrons. The van der Waals surface area contributed by atoms with Crippen molar-refractivity contribution in [3.8, 4) is 0 Å². The summed E-state index contributed by atoms with van der Waals surface area (Å²) in [4.78, 5) is 26.4. The number of hydrogen-bond donors (Lipinski definition) is 3. The van der Waals surface area contributed by atoms with Crippen LogP contribution in [0.2, 0.25) is 0 Å². The Morgan fingerprint density at radius 1 is 0.459 bits per heavy atom. The van der Waals surface area contributed by atoms with Gasteiger partial charge in [-0.2, -0.15) is 0 Å². The molecule has 0 heterocycles. The van der Waals surface area contributed by atoms with E-state index in [2.05, 4.69) is 16.0 Å². The first kappa shape index (κ1) is 25.9. The van der Waals surface area contributed by atoms with Crippen molar-refractivity contribution < 1.29 is 9.59 Å². The van der Waals surface area contributed by atoms with Crippen LogP contribution in [0.5, 0.6) is 0 Å². The van der Waals surface area contributed by atoms with Crippen LogP contribution in [0.15, 0.2) is 97.1 Å². The van der Waals surface area contributed by atoms with Gasteiger partial charge in [-0.1, -0.05) is 95.1 Å². The van der Waals surface area contributed by atoms with E-state index in [1.54, 1.807) is 0 Å². The Balaban J connectivity index is 1.65. The third-order valence-corrected chi connectivity index (χ3v) is 6.33. The summed E-state index contributed by atoms with van der Waals surface area (Å²) in [5, 5.41) is 9.72. The second kappa shape index (κ2) is 11.7. The first-order chi connectivity index (χ1) is 17.8. The van der Waals surface area contributed by atoms with Gasteiger partial charge in [-0.25, -0.2) is 0 Å². The SMILES string of the molecule is Cc1ccc(C(=O)N[C@@H](N[C@H](NC(=O)c2ccc(C)cc2)c2ccc(C)cc2)c2ccc(C)cc2)cc1. The van der Waals surface area contributed by atoms with Crippen molar-refractivity contribution in [2.75, 3.05) is 0 Å². The number of amides is 2. The summed E-state index contributed by atoms with van der Waals surface area (Å²) in [7, 11) is 0. The molecule has 3 N–H and O–H groups in total. The molecule has 188 valence electrons. The van der Waals surface area contributed by atoms with E-state index >= 15 is 0 Å². The van der Waals surface area contributed by atoms with Crippen LogP contribution in [-0.2, 0) is 0 Å². The maximum atomic E-state index is 13.2. The van der Waals surface area contributed by atoms with Crippen LogP contribution in [-0.4, -0.2) is 11.8 Å². The van der Waals surface area contributed by atoms with Crippen LogP contribution in [0.1, 0.15) is 66.4 Å². The lowest BCUT2D eigenvalue weighted by Gasteiger charge is -2.28. The van der Waals surface area contributed by atoms with E-state index < -0.39 is 12.3 Å². The van der Waals surface area contributed by atoms with Gasteiger partial charge in [0.1, 0.15) is 12.3 Å². The van der Waals surface area contributed by atoms with Gasteiger partial charge in [-0.15, -0.1) is 0 Å². The molecule has 0 spiro atoms. The standard InChI is InChI=1S/C32H33N3O2/c1-21-5-13-25(14-6-21)29(34-31(36)27-17-9-23(3)10-18-27)33-30(26-15-7-22(2)8-16-26)35-32(37)28-19-11-24(4)12-20-28/h5-20,29-30,33H,1-4H3,(H,34,36)(H,35,37)/t29-,30-/m1/s1. The van der Waals surface area contributed by atoms with Crippen molar-refractivity contribution >= 4 is 11.8 Å². The minimum Gasteiger partial charge on any atom is -0.333 e. The molecule has 4 aromatic carbocycles. The van der Waals surface area contributed by atoms with Gasteiger partial charge in [-0.05, 0) is 63.1 Å². The highest BCUT2D eigenvalue weighted by Crippen LogP contribution is 2.20. The molecule has 2 amide bonds. The van der Waals surface area contributed by atoms with Crippen molar-refractivity contribution in [3.63, 3.8) is 0 Å². The van der Waals surface area contributed by atoms with Gasteiger partial charge in [0.2, 0.25) is 0 Å². The van der Waals surface area contributed by atoms with Crippen molar-refractivity contribution in [1.82, 2.24) is 16.0 Å². The zero-order valence-electron chi connectivity index (χ0n) is 21.7. The number of nitrogens with one attached hydrogen (secondary N) is 3. The third kappa shape index (κ3) is 6.93. The third-order valence-electron chi connectivity index (χ3n) is 6.33. The first-order valence-corrected chi connectivity index (χ1v) is 12.4. The molecular formula is C32H33N3O2. The van der Waals surface area contributed by atoms with Crippen LogP contribution in [0, 0.1) is 27.7 Å². The highest BCUT2D eigenvalue weighted by molar-refractivity contribution is 5.95. The van der Waals surface area contributed by atoms with E-state index in [-0.39, 0.29) is 11.8 Å². The quantitative estimate of drug-likeness (QED) is 0.262. The number of carbonyl (C=O) groups is 2. The van der Waals surface area contributed by atoms with E-state index in [4.69, 9.17) is 0 Å². The van der Waals surface area contributed by atoms with Crippen molar-refractivity contribution in [1.29, 1.82) is 0 Å². The van der Waals surface area contributed by atoms with Crippen molar-refractivity contribution in [2.45, 2.75) is 40.0 Å². The lowest BCUT2D eigenvalue weighted by Crippen LogP contribution is -2.45. The number of rotatable bonds is 8. The van der Waals surface area contributed by atoms with E-state index in [9.17, 15) is 9.59 Å². The van der Waals surface area contributed by atoms with E-state index in [0.29, 0.717) is 11.1 Å². The summed E-state index contributed by atoms with van der Waals surface area (Å²) in [5.74, 6) is -0.406. The fourth-order valence-corrected chi connectivity index (χ4v) is 3.97. The van der Waals surface area contributed by atoms with Gasteiger partial charge in [-0.3, -0.25) is 14.9 Å². The zero-order chi connectivity index (χ0) is 26.4. The van der Waals surface area contributed by atoms with E-state index in [0.717, 1.165) is 33.4 Å². The van der Waals surface area contributed by atoms with Gasteiger partial charge >= 0.3 is 0 Å². The van der Waals surface area contributed by atoms with Crippen LogP contribution in [0.25, 0.3) is 0 Å². The van der Waals surface area contributed by atoms with Gasteiger partial charge < -0.3 is 10.6 Å². The summed E-state index contributed by atoms with van der Waals surface area (Å²) in [6.07, 6.45) is -1.11. The molecule has 0 unspecified atom stereocenters. The Morgan fingerprint density at radius 3 is 1.03 bits per heavy atom. The Labute approximate surface area is 218 Å². The molecule has 0 saturated carbocycles. The molecule has 0 aromatic heterocycles. The van der Waals surface area contributed by atoms with Crippen LogP contribution < -0.4 is 16.0 Å². The maximum absolute atomic E-state index is 13.2. The maximum Gasteiger partial charge on any atom is 0.252 e. The Kier molecular flexibility index (Phi) is 8.16. The number of carbonyl (C=O) groups excluding carboxylic acids is 2. The summed E-state index contributed by atoms with van der Waals surface area (Å²) >= 11 is 0. The monoisotopic (exact) mass is 491 g/mol. The van der Waals surface area contributed by atoms with Crippen LogP contribution in [0.4, 0.5) is 0 Å².